The van der Waals surface area contributed by atoms with Gasteiger partial charge in [-0.1, -0.05) is 26.8 Å². The molecule has 0 radical (unpaired) electrons. The third-order valence-corrected chi connectivity index (χ3v) is 2.44. The lowest BCUT2D eigenvalue weighted by molar-refractivity contribution is -0.134. The average molecular weight is 234 g/mol. The maximum atomic E-state index is 11.0. The maximum absolute atomic E-state index is 11.0. The van der Waals surface area contributed by atoms with Crippen LogP contribution in [-0.4, -0.2) is 18.2 Å². The summed E-state index contributed by atoms with van der Waals surface area (Å²) in [6, 6.07) is 5.26. The van der Waals surface area contributed by atoms with E-state index >= 15 is 0 Å². The first kappa shape index (κ1) is 13.3. The molecule has 0 aliphatic carbocycles. The number of benzene rings is 1. The molecule has 1 rings (SSSR count). The summed E-state index contributed by atoms with van der Waals surface area (Å²) in [6.45, 7) is 6.07. The van der Waals surface area contributed by atoms with E-state index in [2.05, 4.69) is 4.74 Å². The van der Waals surface area contributed by atoms with Crippen molar-refractivity contribution in [3.8, 4) is 5.75 Å². The molecule has 0 unspecified atom stereocenters. The minimum Gasteiger partial charge on any atom is -0.508 e. The van der Waals surface area contributed by atoms with Gasteiger partial charge in [0.1, 0.15) is 5.75 Å². The van der Waals surface area contributed by atoms with Gasteiger partial charge in [0.25, 0.3) is 0 Å². The van der Waals surface area contributed by atoms with E-state index in [0.717, 1.165) is 11.1 Å². The van der Waals surface area contributed by atoms with Gasteiger partial charge in [-0.15, -0.1) is 0 Å². The van der Waals surface area contributed by atoms with Crippen molar-refractivity contribution in [3.05, 3.63) is 35.4 Å². The fourth-order valence-electron chi connectivity index (χ4n) is 1.49. The lowest BCUT2D eigenvalue weighted by Gasteiger charge is -2.20. The standard InChI is InChI=1S/C14H18O3/c1-14(2,3)11-9-10(5-7-12(11)15)6-8-13(16)17-4/h5-9,15H,1-4H3/b8-6+. The minimum atomic E-state index is -0.393. The maximum Gasteiger partial charge on any atom is 0.330 e. The van der Waals surface area contributed by atoms with Crippen LogP contribution in [0.25, 0.3) is 6.08 Å². The number of carbonyl (C=O) groups is 1. The molecule has 92 valence electrons. The van der Waals surface area contributed by atoms with Gasteiger partial charge < -0.3 is 9.84 Å². The molecule has 0 fully saturated rings. The molecular formula is C14H18O3. The van der Waals surface area contributed by atoms with Crippen LogP contribution in [0.4, 0.5) is 0 Å². The van der Waals surface area contributed by atoms with Crippen molar-refractivity contribution >= 4 is 12.0 Å². The quantitative estimate of drug-likeness (QED) is 0.632. The molecule has 3 nitrogen and oxygen atoms in total. The van der Waals surface area contributed by atoms with Crippen molar-refractivity contribution in [1.82, 2.24) is 0 Å². The highest BCUT2D eigenvalue weighted by molar-refractivity contribution is 5.87. The molecular weight excluding hydrogens is 216 g/mol. The van der Waals surface area contributed by atoms with Gasteiger partial charge in [0.05, 0.1) is 7.11 Å². The van der Waals surface area contributed by atoms with Gasteiger partial charge in [0.2, 0.25) is 0 Å². The Morgan fingerprint density at radius 3 is 2.53 bits per heavy atom. The molecule has 0 aliphatic rings. The summed E-state index contributed by atoms with van der Waals surface area (Å²) in [6.07, 6.45) is 3.03. The Bertz CT molecular complexity index is 439. The van der Waals surface area contributed by atoms with E-state index in [4.69, 9.17) is 0 Å². The Morgan fingerprint density at radius 1 is 1.35 bits per heavy atom. The first-order valence-electron chi connectivity index (χ1n) is 5.44. The van der Waals surface area contributed by atoms with E-state index in [0.29, 0.717) is 0 Å². The van der Waals surface area contributed by atoms with Crippen LogP contribution in [0.2, 0.25) is 0 Å². The van der Waals surface area contributed by atoms with Gasteiger partial charge in [-0.2, -0.15) is 0 Å². The zero-order valence-corrected chi connectivity index (χ0v) is 10.7. The zero-order valence-electron chi connectivity index (χ0n) is 10.7. The van der Waals surface area contributed by atoms with Crippen molar-refractivity contribution in [2.75, 3.05) is 7.11 Å². The highest BCUT2D eigenvalue weighted by Crippen LogP contribution is 2.31. The summed E-state index contributed by atoms with van der Waals surface area (Å²) in [4.78, 5) is 11.0. The van der Waals surface area contributed by atoms with Gasteiger partial charge in [0, 0.05) is 6.08 Å². The summed E-state index contributed by atoms with van der Waals surface area (Å²) < 4.78 is 4.52. The molecule has 3 heteroatoms. The third-order valence-electron chi connectivity index (χ3n) is 2.44. The zero-order chi connectivity index (χ0) is 13.1. The summed E-state index contributed by atoms with van der Waals surface area (Å²) in [5.74, 6) is -0.122. The van der Waals surface area contributed by atoms with Gasteiger partial charge in [-0.3, -0.25) is 0 Å². The fraction of sp³-hybridized carbons (Fsp3) is 0.357. The number of hydrogen-bond donors (Lipinski definition) is 1. The smallest absolute Gasteiger partial charge is 0.330 e. The fourth-order valence-corrected chi connectivity index (χ4v) is 1.49. The first-order valence-corrected chi connectivity index (χ1v) is 5.44. The van der Waals surface area contributed by atoms with Gasteiger partial charge in [0.15, 0.2) is 0 Å². The van der Waals surface area contributed by atoms with E-state index in [1.807, 2.05) is 26.8 Å². The van der Waals surface area contributed by atoms with Gasteiger partial charge in [-0.25, -0.2) is 4.79 Å². The number of phenolic OH excluding ortho intramolecular Hbond substituents is 1. The highest BCUT2D eigenvalue weighted by Gasteiger charge is 2.17. The molecule has 17 heavy (non-hydrogen) atoms. The lowest BCUT2D eigenvalue weighted by atomic mass is 9.85. The summed E-state index contributed by atoms with van der Waals surface area (Å²) in [5, 5.41) is 9.78. The second-order valence-electron chi connectivity index (χ2n) is 4.88. The Morgan fingerprint density at radius 2 is 2.00 bits per heavy atom. The van der Waals surface area contributed by atoms with Crippen LogP contribution in [0.3, 0.4) is 0 Å². The topological polar surface area (TPSA) is 46.5 Å². The molecule has 1 aromatic rings. The number of hydrogen-bond acceptors (Lipinski definition) is 3. The van der Waals surface area contributed by atoms with Crippen molar-refractivity contribution in [2.45, 2.75) is 26.2 Å². The normalized spacial score (nSPS) is 11.8. The summed E-state index contributed by atoms with van der Waals surface area (Å²) >= 11 is 0. The van der Waals surface area contributed by atoms with E-state index in [1.54, 1.807) is 18.2 Å². The van der Waals surface area contributed by atoms with E-state index in [1.165, 1.54) is 13.2 Å². The number of rotatable bonds is 2. The Hall–Kier alpha value is -1.77. The van der Waals surface area contributed by atoms with Crippen LogP contribution in [0.15, 0.2) is 24.3 Å². The van der Waals surface area contributed by atoms with Crippen molar-refractivity contribution in [1.29, 1.82) is 0 Å². The predicted octanol–water partition coefficient (Wildman–Crippen LogP) is 2.88. The van der Waals surface area contributed by atoms with Crippen LogP contribution in [0, 0.1) is 0 Å². The molecule has 0 saturated carbocycles. The molecule has 0 saturated heterocycles. The molecule has 0 atom stereocenters. The van der Waals surface area contributed by atoms with E-state index in [-0.39, 0.29) is 11.2 Å². The molecule has 0 amide bonds. The molecule has 0 bridgehead atoms. The third kappa shape index (κ3) is 3.63. The lowest BCUT2D eigenvalue weighted by Crippen LogP contribution is -2.11. The number of esters is 1. The largest absolute Gasteiger partial charge is 0.508 e. The monoisotopic (exact) mass is 234 g/mol. The second kappa shape index (κ2) is 5.04. The molecule has 0 aliphatic heterocycles. The number of aromatic hydroxyl groups is 1. The Labute approximate surface area is 102 Å². The van der Waals surface area contributed by atoms with Crippen LogP contribution >= 0.6 is 0 Å². The Kier molecular flexibility index (Phi) is 3.94. The first-order chi connectivity index (χ1) is 7.84. The summed E-state index contributed by atoms with van der Waals surface area (Å²) in [5.41, 5.74) is 1.57. The number of carbonyl (C=O) groups excluding carboxylic acids is 1. The average Bonchev–Trinajstić information content (AvgIpc) is 2.26. The number of phenols is 1. The molecule has 0 aromatic heterocycles. The highest BCUT2D eigenvalue weighted by atomic mass is 16.5. The van der Waals surface area contributed by atoms with Crippen molar-refractivity contribution in [2.24, 2.45) is 0 Å². The van der Waals surface area contributed by atoms with Crippen LogP contribution < -0.4 is 0 Å². The molecule has 0 spiro atoms. The van der Waals surface area contributed by atoms with Crippen LogP contribution in [0.5, 0.6) is 5.75 Å². The number of methoxy groups -OCH3 is 1. The SMILES string of the molecule is COC(=O)/C=C/c1ccc(O)c(C(C)(C)C)c1. The van der Waals surface area contributed by atoms with Crippen molar-refractivity contribution < 1.29 is 14.6 Å². The summed E-state index contributed by atoms with van der Waals surface area (Å²) in [7, 11) is 1.34. The van der Waals surface area contributed by atoms with Gasteiger partial charge >= 0.3 is 5.97 Å². The van der Waals surface area contributed by atoms with E-state index < -0.39 is 5.97 Å². The van der Waals surface area contributed by atoms with Crippen molar-refractivity contribution in [3.63, 3.8) is 0 Å². The van der Waals surface area contributed by atoms with Crippen LogP contribution in [-0.2, 0) is 14.9 Å². The minimum absolute atomic E-state index is 0.140. The van der Waals surface area contributed by atoms with Gasteiger partial charge in [-0.05, 0) is 34.8 Å². The van der Waals surface area contributed by atoms with Crippen LogP contribution in [0.1, 0.15) is 31.9 Å². The second-order valence-corrected chi connectivity index (χ2v) is 4.88. The molecule has 1 aromatic carbocycles. The van der Waals surface area contributed by atoms with E-state index in [9.17, 15) is 9.90 Å². The molecule has 0 heterocycles. The Balaban J connectivity index is 3.05. The number of ether oxygens (including phenoxy) is 1. The predicted molar refractivity (Wildman–Crippen MR) is 67.9 cm³/mol. The molecule has 1 N–H and O–H groups in total.